The van der Waals surface area contributed by atoms with E-state index in [9.17, 15) is 0 Å². The number of hydrogen-bond acceptors (Lipinski definition) is 2. The van der Waals surface area contributed by atoms with Gasteiger partial charge in [-0.3, -0.25) is 0 Å². The third kappa shape index (κ3) is 4.35. The van der Waals surface area contributed by atoms with Crippen LogP contribution in [0.15, 0.2) is 24.3 Å². The largest absolute Gasteiger partial charge is 0.497 e. The molecule has 4 nitrogen and oxygen atoms in total. The molecule has 1 fully saturated rings. The van der Waals surface area contributed by atoms with Crippen LogP contribution >= 0.6 is 12.2 Å². The minimum Gasteiger partial charge on any atom is -0.497 e. The second-order valence-corrected chi connectivity index (χ2v) is 5.62. The predicted octanol–water partition coefficient (Wildman–Crippen LogP) is 1.05. The SMILES string of the molecule is CC[NH+]1CCC(NC(=S)Nc2cccc(OC)c2)CC1. The highest BCUT2D eigenvalue weighted by Gasteiger charge is 2.21. The van der Waals surface area contributed by atoms with Crippen LogP contribution in [0.25, 0.3) is 0 Å². The van der Waals surface area contributed by atoms with Gasteiger partial charge in [0, 0.05) is 30.6 Å². The van der Waals surface area contributed by atoms with Gasteiger partial charge in [-0.05, 0) is 31.3 Å². The number of hydrogen-bond donors (Lipinski definition) is 3. The molecule has 5 heteroatoms. The van der Waals surface area contributed by atoms with Crippen molar-refractivity contribution in [1.29, 1.82) is 0 Å². The zero-order valence-electron chi connectivity index (χ0n) is 12.2. The lowest BCUT2D eigenvalue weighted by atomic mass is 10.1. The van der Waals surface area contributed by atoms with Crippen molar-refractivity contribution < 1.29 is 9.64 Å². The molecule has 0 amide bonds. The van der Waals surface area contributed by atoms with Crippen LogP contribution in [-0.2, 0) is 0 Å². The van der Waals surface area contributed by atoms with Crippen LogP contribution in [0.2, 0.25) is 0 Å². The van der Waals surface area contributed by atoms with Crippen LogP contribution in [0.4, 0.5) is 5.69 Å². The Hall–Kier alpha value is -1.33. The average molecular weight is 294 g/mol. The Morgan fingerprint density at radius 3 is 2.80 bits per heavy atom. The molecule has 1 aliphatic heterocycles. The lowest BCUT2D eigenvalue weighted by Crippen LogP contribution is -3.13. The van der Waals surface area contributed by atoms with Crippen LogP contribution in [-0.4, -0.2) is 37.9 Å². The smallest absolute Gasteiger partial charge is 0.171 e. The lowest BCUT2D eigenvalue weighted by Gasteiger charge is -2.29. The Bertz CT molecular complexity index is 444. The third-order valence-corrected chi connectivity index (χ3v) is 4.08. The summed E-state index contributed by atoms with van der Waals surface area (Å²) in [6, 6.07) is 8.30. The second-order valence-electron chi connectivity index (χ2n) is 5.21. The molecular formula is C15H24N3OS+. The van der Waals surface area contributed by atoms with Crippen LogP contribution in [0.5, 0.6) is 5.75 Å². The standard InChI is InChI=1S/C15H23N3OS/c1-3-18-9-7-12(8-10-18)16-15(20)17-13-5-4-6-14(11-13)19-2/h4-6,11-12H,3,7-10H2,1-2H3,(H2,16,17,20)/p+1. The summed E-state index contributed by atoms with van der Waals surface area (Å²) >= 11 is 5.38. The molecule has 1 aromatic rings. The summed E-state index contributed by atoms with van der Waals surface area (Å²) in [5.41, 5.74) is 0.957. The number of methoxy groups -OCH3 is 1. The third-order valence-electron chi connectivity index (χ3n) is 3.86. The monoisotopic (exact) mass is 294 g/mol. The highest BCUT2D eigenvalue weighted by atomic mass is 32.1. The Kier molecular flexibility index (Phi) is 5.61. The number of ether oxygens (including phenoxy) is 1. The van der Waals surface area contributed by atoms with Gasteiger partial charge in [-0.1, -0.05) is 6.07 Å². The van der Waals surface area contributed by atoms with Gasteiger partial charge < -0.3 is 20.3 Å². The topological polar surface area (TPSA) is 37.7 Å². The highest BCUT2D eigenvalue weighted by Crippen LogP contribution is 2.16. The van der Waals surface area contributed by atoms with Crippen molar-refractivity contribution in [2.75, 3.05) is 32.1 Å². The Morgan fingerprint density at radius 1 is 1.40 bits per heavy atom. The van der Waals surface area contributed by atoms with E-state index in [1.54, 1.807) is 12.0 Å². The molecule has 1 aliphatic rings. The van der Waals surface area contributed by atoms with Gasteiger partial charge in [0.05, 0.1) is 26.7 Å². The molecule has 1 heterocycles. The lowest BCUT2D eigenvalue weighted by molar-refractivity contribution is -0.903. The summed E-state index contributed by atoms with van der Waals surface area (Å²) in [5.74, 6) is 0.831. The highest BCUT2D eigenvalue weighted by molar-refractivity contribution is 7.80. The normalized spacial score (nSPS) is 22.1. The number of likely N-dealkylation sites (tertiary alicyclic amines) is 1. The molecule has 0 radical (unpaired) electrons. The summed E-state index contributed by atoms with van der Waals surface area (Å²) in [7, 11) is 1.67. The van der Waals surface area contributed by atoms with Gasteiger partial charge in [-0.25, -0.2) is 0 Å². The Labute approximate surface area is 126 Å². The average Bonchev–Trinajstić information content (AvgIpc) is 2.48. The first-order valence-electron chi connectivity index (χ1n) is 7.26. The van der Waals surface area contributed by atoms with Crippen molar-refractivity contribution in [2.24, 2.45) is 0 Å². The fourth-order valence-corrected chi connectivity index (χ4v) is 2.86. The zero-order valence-corrected chi connectivity index (χ0v) is 13.1. The van der Waals surface area contributed by atoms with E-state index in [1.807, 2.05) is 24.3 Å². The van der Waals surface area contributed by atoms with Crippen molar-refractivity contribution in [3.8, 4) is 5.75 Å². The van der Waals surface area contributed by atoms with Crippen LogP contribution in [0, 0.1) is 0 Å². The number of quaternary nitrogens is 1. The van der Waals surface area contributed by atoms with Gasteiger partial charge in [0.1, 0.15) is 5.75 Å². The first-order chi connectivity index (χ1) is 9.71. The summed E-state index contributed by atoms with van der Waals surface area (Å²) in [4.78, 5) is 1.69. The molecule has 1 aromatic carbocycles. The van der Waals surface area contributed by atoms with E-state index in [4.69, 9.17) is 17.0 Å². The number of benzene rings is 1. The van der Waals surface area contributed by atoms with Crippen molar-refractivity contribution >= 4 is 23.0 Å². The number of rotatable bonds is 4. The van der Waals surface area contributed by atoms with E-state index in [2.05, 4.69) is 17.6 Å². The van der Waals surface area contributed by atoms with Gasteiger partial charge in [-0.2, -0.15) is 0 Å². The summed E-state index contributed by atoms with van der Waals surface area (Å²) in [5, 5.41) is 7.34. The molecule has 0 unspecified atom stereocenters. The molecule has 0 atom stereocenters. The zero-order chi connectivity index (χ0) is 14.4. The molecule has 0 aromatic heterocycles. The second kappa shape index (κ2) is 7.45. The molecule has 0 bridgehead atoms. The van der Waals surface area contributed by atoms with Crippen LogP contribution in [0.1, 0.15) is 19.8 Å². The maximum atomic E-state index is 5.38. The quantitative estimate of drug-likeness (QED) is 0.726. The van der Waals surface area contributed by atoms with E-state index < -0.39 is 0 Å². The van der Waals surface area contributed by atoms with Gasteiger partial charge in [0.15, 0.2) is 5.11 Å². The number of anilines is 1. The Morgan fingerprint density at radius 2 is 2.15 bits per heavy atom. The summed E-state index contributed by atoms with van der Waals surface area (Å²) in [6.07, 6.45) is 2.37. The van der Waals surface area contributed by atoms with Gasteiger partial charge in [0.25, 0.3) is 0 Å². The van der Waals surface area contributed by atoms with E-state index in [-0.39, 0.29) is 0 Å². The van der Waals surface area contributed by atoms with E-state index in [0.29, 0.717) is 11.2 Å². The van der Waals surface area contributed by atoms with Gasteiger partial charge >= 0.3 is 0 Å². The maximum Gasteiger partial charge on any atom is 0.171 e. The first-order valence-corrected chi connectivity index (χ1v) is 7.67. The molecule has 1 saturated heterocycles. The molecule has 0 saturated carbocycles. The minimum absolute atomic E-state index is 0.496. The summed E-state index contributed by atoms with van der Waals surface area (Å²) in [6.45, 7) is 5.93. The molecule has 3 N–H and O–H groups in total. The Balaban J connectivity index is 1.80. The fraction of sp³-hybridized carbons (Fsp3) is 0.533. The van der Waals surface area contributed by atoms with E-state index in [0.717, 1.165) is 11.4 Å². The molecular weight excluding hydrogens is 270 g/mol. The first kappa shape index (κ1) is 15.1. The van der Waals surface area contributed by atoms with Gasteiger partial charge in [0.2, 0.25) is 0 Å². The number of nitrogens with one attached hydrogen (secondary N) is 3. The predicted molar refractivity (Wildman–Crippen MR) is 86.6 cm³/mol. The van der Waals surface area contributed by atoms with E-state index in [1.165, 1.54) is 32.5 Å². The summed E-state index contributed by atoms with van der Waals surface area (Å²) < 4.78 is 5.20. The molecule has 2 rings (SSSR count). The van der Waals surface area contributed by atoms with Crippen LogP contribution in [0.3, 0.4) is 0 Å². The molecule has 20 heavy (non-hydrogen) atoms. The number of piperidine rings is 1. The molecule has 110 valence electrons. The fourth-order valence-electron chi connectivity index (χ4n) is 2.58. The molecule has 0 aliphatic carbocycles. The van der Waals surface area contributed by atoms with Gasteiger partial charge in [-0.15, -0.1) is 0 Å². The van der Waals surface area contributed by atoms with Crippen molar-refractivity contribution in [3.05, 3.63) is 24.3 Å². The minimum atomic E-state index is 0.496. The van der Waals surface area contributed by atoms with E-state index >= 15 is 0 Å². The van der Waals surface area contributed by atoms with Crippen molar-refractivity contribution in [2.45, 2.75) is 25.8 Å². The number of thiocarbonyl (C=S) groups is 1. The maximum absolute atomic E-state index is 5.38. The van der Waals surface area contributed by atoms with Crippen molar-refractivity contribution in [1.82, 2.24) is 5.32 Å². The van der Waals surface area contributed by atoms with Crippen molar-refractivity contribution in [3.63, 3.8) is 0 Å². The van der Waals surface area contributed by atoms with Crippen LogP contribution < -0.4 is 20.3 Å². The molecule has 0 spiro atoms.